The smallest absolute Gasteiger partial charge is 0.348 e. The fraction of sp³-hybridized carbons (Fsp3) is 0.364. The van der Waals surface area contributed by atoms with Gasteiger partial charge >= 0.3 is 11.9 Å². The van der Waals surface area contributed by atoms with Gasteiger partial charge in [-0.2, -0.15) is 0 Å². The summed E-state index contributed by atoms with van der Waals surface area (Å²) in [4.78, 5) is 36.8. The largest absolute Gasteiger partial charge is 0.463 e. The first kappa shape index (κ1) is 15.6. The quantitative estimate of drug-likeness (QED) is 0.764. The molecule has 1 heterocycles. The van der Waals surface area contributed by atoms with Crippen molar-refractivity contribution < 1.29 is 19.1 Å². The molecular weight excluding hydrogens is 338 g/mol. The number of thiazole rings is 1. The Balaban J connectivity index is 3.23. The molecule has 1 rings (SSSR count). The van der Waals surface area contributed by atoms with Gasteiger partial charge in [0.15, 0.2) is 0 Å². The van der Waals surface area contributed by atoms with Crippen LogP contribution in [0.3, 0.4) is 0 Å². The van der Waals surface area contributed by atoms with Crippen LogP contribution in [-0.4, -0.2) is 30.1 Å². The maximum absolute atomic E-state index is 11.6. The average molecular weight is 350 g/mol. The highest BCUT2D eigenvalue weighted by molar-refractivity contribution is 9.15. The van der Waals surface area contributed by atoms with Crippen molar-refractivity contribution in [2.24, 2.45) is 0 Å². The number of esters is 2. The van der Waals surface area contributed by atoms with Crippen molar-refractivity contribution in [2.45, 2.75) is 13.8 Å². The van der Waals surface area contributed by atoms with Crippen LogP contribution in [-0.2, 0) is 19.1 Å². The minimum Gasteiger partial charge on any atom is -0.463 e. The summed E-state index contributed by atoms with van der Waals surface area (Å²) in [7, 11) is 0. The van der Waals surface area contributed by atoms with Crippen LogP contribution < -0.4 is 14.8 Å². The van der Waals surface area contributed by atoms with Crippen LogP contribution in [0, 0.1) is 0 Å². The summed E-state index contributed by atoms with van der Waals surface area (Å²) in [6.45, 7) is 3.80. The molecule has 0 aliphatic heterocycles. The second kappa shape index (κ2) is 7.25. The monoisotopic (exact) mass is 349 g/mol. The van der Waals surface area contributed by atoms with E-state index in [9.17, 15) is 14.4 Å². The van der Waals surface area contributed by atoms with E-state index in [1.807, 2.05) is 0 Å². The predicted octanol–water partition coefficient (Wildman–Crippen LogP) is -0.154. The molecule has 6 nitrogen and oxygen atoms in total. The topological polar surface area (TPSA) is 85.5 Å². The van der Waals surface area contributed by atoms with Gasteiger partial charge in [-0.25, -0.2) is 9.59 Å². The lowest BCUT2D eigenvalue weighted by Crippen LogP contribution is -2.22. The van der Waals surface area contributed by atoms with Crippen molar-refractivity contribution in [2.75, 3.05) is 13.2 Å². The molecule has 0 unspecified atom stereocenters. The van der Waals surface area contributed by atoms with Crippen LogP contribution in [0.2, 0.25) is 0 Å². The number of aromatic nitrogens is 1. The summed E-state index contributed by atoms with van der Waals surface area (Å²) < 4.78 is 10.1. The van der Waals surface area contributed by atoms with Gasteiger partial charge in [0.05, 0.1) is 13.2 Å². The number of H-pyrrole nitrogens is 1. The van der Waals surface area contributed by atoms with Gasteiger partial charge in [0.25, 0.3) is 5.56 Å². The van der Waals surface area contributed by atoms with Gasteiger partial charge in [-0.05, 0) is 29.8 Å². The first-order chi connectivity index (χ1) is 8.99. The van der Waals surface area contributed by atoms with Crippen molar-refractivity contribution in [1.29, 1.82) is 0 Å². The van der Waals surface area contributed by atoms with E-state index in [-0.39, 0.29) is 22.2 Å². The van der Waals surface area contributed by atoms with Gasteiger partial charge in [-0.15, -0.1) is 11.3 Å². The van der Waals surface area contributed by atoms with Crippen molar-refractivity contribution in [1.82, 2.24) is 4.98 Å². The Morgan fingerprint density at radius 2 is 1.95 bits per heavy atom. The zero-order valence-electron chi connectivity index (χ0n) is 10.3. The highest BCUT2D eigenvalue weighted by atomic mass is 79.9. The molecule has 1 aromatic rings. The Kier molecular flexibility index (Phi) is 5.97. The molecule has 104 valence electrons. The Morgan fingerprint density at radius 3 is 2.53 bits per heavy atom. The van der Waals surface area contributed by atoms with E-state index < -0.39 is 17.5 Å². The van der Waals surface area contributed by atoms with E-state index in [4.69, 9.17) is 9.47 Å². The van der Waals surface area contributed by atoms with Gasteiger partial charge in [0.1, 0.15) is 13.7 Å². The second-order valence-electron chi connectivity index (χ2n) is 3.18. The van der Waals surface area contributed by atoms with Gasteiger partial charge in [0, 0.05) is 6.08 Å². The number of ether oxygens (including phenoxy) is 2. The molecule has 0 radical (unpaired) electrons. The third-order valence-electron chi connectivity index (χ3n) is 1.85. The fourth-order valence-corrected chi connectivity index (χ4v) is 2.41. The Morgan fingerprint density at radius 1 is 1.32 bits per heavy atom. The summed E-state index contributed by atoms with van der Waals surface area (Å²) in [5.74, 6) is -1.18. The summed E-state index contributed by atoms with van der Waals surface area (Å²) in [5.41, 5.74) is -0.464. The molecular formula is C11H12BrNO5S. The van der Waals surface area contributed by atoms with Gasteiger partial charge in [-0.3, -0.25) is 4.79 Å². The summed E-state index contributed by atoms with van der Waals surface area (Å²) in [6.07, 6.45) is 1.09. The molecule has 0 fully saturated rings. The first-order valence-corrected chi connectivity index (χ1v) is 7.05. The van der Waals surface area contributed by atoms with Crippen LogP contribution in [0.25, 0.3) is 10.6 Å². The number of hydrogen-bond acceptors (Lipinski definition) is 6. The van der Waals surface area contributed by atoms with Crippen LogP contribution in [0.15, 0.2) is 4.79 Å². The molecule has 19 heavy (non-hydrogen) atoms. The fourth-order valence-electron chi connectivity index (χ4n) is 1.12. The van der Waals surface area contributed by atoms with Crippen LogP contribution in [0.5, 0.6) is 0 Å². The number of rotatable bonds is 4. The molecule has 1 aromatic heterocycles. The Labute approximate surface area is 120 Å². The summed E-state index contributed by atoms with van der Waals surface area (Å²) >= 11 is 4.02. The lowest BCUT2D eigenvalue weighted by atomic mass is 10.5. The zero-order valence-corrected chi connectivity index (χ0v) is 12.7. The average Bonchev–Trinajstić information content (AvgIpc) is 2.70. The van der Waals surface area contributed by atoms with E-state index >= 15 is 0 Å². The van der Waals surface area contributed by atoms with E-state index in [1.54, 1.807) is 13.8 Å². The molecule has 0 saturated heterocycles. The van der Waals surface area contributed by atoms with Crippen LogP contribution >= 0.6 is 27.3 Å². The second-order valence-corrected chi connectivity index (χ2v) is 5.03. The van der Waals surface area contributed by atoms with Gasteiger partial charge < -0.3 is 14.5 Å². The minimum atomic E-state index is -0.603. The maximum Gasteiger partial charge on any atom is 0.348 e. The SMILES string of the molecule is CCOC(=O)/C=c1\s/c(=C(\Br)C(=O)OCC)[nH]c1=O. The molecule has 0 aromatic carbocycles. The molecule has 1 N–H and O–H groups in total. The van der Waals surface area contributed by atoms with Crippen molar-refractivity contribution >= 4 is 49.8 Å². The lowest BCUT2D eigenvalue weighted by Gasteiger charge is -1.97. The molecule has 0 bridgehead atoms. The van der Waals surface area contributed by atoms with Crippen molar-refractivity contribution in [3.05, 3.63) is 19.5 Å². The van der Waals surface area contributed by atoms with E-state index in [1.165, 1.54) is 0 Å². The normalized spacial score (nSPS) is 13.1. The summed E-state index contributed by atoms with van der Waals surface area (Å²) in [5, 5.41) is 0. The Hall–Kier alpha value is -1.41. The molecule has 0 atom stereocenters. The van der Waals surface area contributed by atoms with Crippen LogP contribution in [0.1, 0.15) is 13.8 Å². The van der Waals surface area contributed by atoms with E-state index in [2.05, 4.69) is 20.9 Å². The maximum atomic E-state index is 11.6. The zero-order chi connectivity index (χ0) is 14.4. The first-order valence-electron chi connectivity index (χ1n) is 5.44. The molecule has 0 aliphatic carbocycles. The van der Waals surface area contributed by atoms with Crippen LogP contribution in [0.4, 0.5) is 0 Å². The predicted molar refractivity (Wildman–Crippen MR) is 74.3 cm³/mol. The molecule has 8 heteroatoms. The number of hydrogen-bond donors (Lipinski definition) is 1. The highest BCUT2D eigenvalue weighted by Crippen LogP contribution is 2.05. The van der Waals surface area contributed by atoms with E-state index in [0.717, 1.165) is 17.4 Å². The summed E-state index contributed by atoms with van der Waals surface area (Å²) in [6, 6.07) is 0. The standard InChI is InChI=1S/C11H12BrNO5S/c1-3-17-7(14)5-6-9(15)13-10(19-6)8(12)11(16)18-4-2/h5H,3-4H2,1-2H3,(H,13,15)/b6-5-,10-8-. The number of aromatic amines is 1. The molecule has 0 aliphatic rings. The lowest BCUT2D eigenvalue weighted by molar-refractivity contribution is -0.136. The van der Waals surface area contributed by atoms with Crippen molar-refractivity contribution in [3.63, 3.8) is 0 Å². The molecule has 0 spiro atoms. The van der Waals surface area contributed by atoms with Crippen molar-refractivity contribution in [3.8, 4) is 0 Å². The number of nitrogens with one attached hydrogen (secondary N) is 1. The third kappa shape index (κ3) is 4.32. The highest BCUT2D eigenvalue weighted by Gasteiger charge is 2.10. The minimum absolute atomic E-state index is 0.111. The Bertz CT molecular complexity index is 645. The number of carbonyl (C=O) groups is 2. The third-order valence-corrected chi connectivity index (χ3v) is 3.87. The molecule has 0 amide bonds. The number of halogens is 1. The molecule has 0 saturated carbocycles. The van der Waals surface area contributed by atoms with Gasteiger partial charge in [0.2, 0.25) is 0 Å². The number of carbonyl (C=O) groups excluding carboxylic acids is 2. The van der Waals surface area contributed by atoms with Gasteiger partial charge in [-0.1, -0.05) is 0 Å². The van der Waals surface area contributed by atoms with E-state index in [0.29, 0.717) is 4.66 Å².